The zero-order valence-electron chi connectivity index (χ0n) is 10.1. The van der Waals surface area contributed by atoms with Gasteiger partial charge in [0.05, 0.1) is 0 Å². The maximum atomic E-state index is 2.66. The van der Waals surface area contributed by atoms with Crippen LogP contribution < -0.4 is 0 Å². The third-order valence-corrected chi connectivity index (χ3v) is 3.95. The van der Waals surface area contributed by atoms with Crippen molar-refractivity contribution in [1.29, 1.82) is 0 Å². The van der Waals surface area contributed by atoms with E-state index in [9.17, 15) is 0 Å². The normalized spacial score (nSPS) is 33.6. The van der Waals surface area contributed by atoms with Gasteiger partial charge in [-0.3, -0.25) is 9.80 Å². The fourth-order valence-electron chi connectivity index (χ4n) is 3.09. The molecule has 2 fully saturated rings. The Hall–Kier alpha value is -0.0800. The van der Waals surface area contributed by atoms with Crippen LogP contribution in [-0.4, -0.2) is 47.1 Å². The van der Waals surface area contributed by atoms with Crippen LogP contribution in [0.3, 0.4) is 0 Å². The van der Waals surface area contributed by atoms with Crippen LogP contribution in [0, 0.1) is 0 Å². The van der Waals surface area contributed by atoms with Gasteiger partial charge in [0, 0.05) is 24.2 Å². The topological polar surface area (TPSA) is 6.48 Å². The minimum Gasteiger partial charge on any atom is -0.299 e. The van der Waals surface area contributed by atoms with Gasteiger partial charge in [-0.05, 0) is 53.6 Å². The fourth-order valence-corrected chi connectivity index (χ4v) is 3.09. The van der Waals surface area contributed by atoms with E-state index in [4.69, 9.17) is 0 Å². The van der Waals surface area contributed by atoms with E-state index in [0.29, 0.717) is 11.6 Å². The van der Waals surface area contributed by atoms with E-state index >= 15 is 0 Å². The maximum Gasteiger partial charge on any atom is 0.0240 e. The standard InChI is InChI=1S/C12H24N2/c1-10(2)14-9-11(8-12(14,3)4)13-6-5-7-13/h10-11H,5-9H2,1-4H3. The second-order valence-electron chi connectivity index (χ2n) is 5.81. The maximum absolute atomic E-state index is 2.66. The summed E-state index contributed by atoms with van der Waals surface area (Å²) in [5, 5.41) is 0. The molecule has 0 aromatic rings. The summed E-state index contributed by atoms with van der Waals surface area (Å²) in [7, 11) is 0. The first-order chi connectivity index (χ1) is 6.50. The monoisotopic (exact) mass is 196 g/mol. The van der Waals surface area contributed by atoms with Gasteiger partial charge in [-0.1, -0.05) is 0 Å². The van der Waals surface area contributed by atoms with E-state index < -0.39 is 0 Å². The molecule has 2 aliphatic rings. The Balaban J connectivity index is 2.00. The highest BCUT2D eigenvalue weighted by atomic mass is 15.3. The first-order valence-corrected chi connectivity index (χ1v) is 6.01. The van der Waals surface area contributed by atoms with Gasteiger partial charge in [0.1, 0.15) is 0 Å². The molecule has 2 saturated heterocycles. The van der Waals surface area contributed by atoms with Crippen LogP contribution in [0.4, 0.5) is 0 Å². The molecule has 14 heavy (non-hydrogen) atoms. The number of hydrogen-bond acceptors (Lipinski definition) is 2. The summed E-state index contributed by atoms with van der Waals surface area (Å²) in [6.45, 7) is 13.4. The van der Waals surface area contributed by atoms with Crippen LogP contribution in [0.15, 0.2) is 0 Å². The van der Waals surface area contributed by atoms with Crippen molar-refractivity contribution in [2.45, 2.75) is 58.2 Å². The lowest BCUT2D eigenvalue weighted by Gasteiger charge is -2.36. The fraction of sp³-hybridized carbons (Fsp3) is 1.00. The Morgan fingerprint density at radius 2 is 1.86 bits per heavy atom. The van der Waals surface area contributed by atoms with Gasteiger partial charge in [0.2, 0.25) is 0 Å². The van der Waals surface area contributed by atoms with Gasteiger partial charge in [0.25, 0.3) is 0 Å². The number of rotatable bonds is 2. The third kappa shape index (κ3) is 1.70. The van der Waals surface area contributed by atoms with Crippen molar-refractivity contribution in [3.8, 4) is 0 Å². The molecule has 0 saturated carbocycles. The van der Waals surface area contributed by atoms with Crippen molar-refractivity contribution in [1.82, 2.24) is 9.80 Å². The lowest BCUT2D eigenvalue weighted by molar-refractivity contribution is 0.111. The van der Waals surface area contributed by atoms with Gasteiger partial charge in [0.15, 0.2) is 0 Å². The summed E-state index contributed by atoms with van der Waals surface area (Å²) in [6, 6.07) is 1.53. The molecule has 1 atom stereocenters. The molecule has 0 aromatic carbocycles. The summed E-state index contributed by atoms with van der Waals surface area (Å²) in [4.78, 5) is 5.32. The lowest BCUT2D eigenvalue weighted by atomic mass is 9.97. The molecule has 2 heterocycles. The minimum absolute atomic E-state index is 0.411. The van der Waals surface area contributed by atoms with Crippen LogP contribution in [0.25, 0.3) is 0 Å². The van der Waals surface area contributed by atoms with E-state index in [1.54, 1.807) is 0 Å². The molecular weight excluding hydrogens is 172 g/mol. The number of hydrogen-bond donors (Lipinski definition) is 0. The first-order valence-electron chi connectivity index (χ1n) is 6.01. The molecule has 1 unspecified atom stereocenters. The summed E-state index contributed by atoms with van der Waals surface area (Å²) in [5.41, 5.74) is 0.411. The molecule has 2 rings (SSSR count). The van der Waals surface area contributed by atoms with Crippen molar-refractivity contribution in [2.24, 2.45) is 0 Å². The molecule has 2 heteroatoms. The predicted octanol–water partition coefficient (Wildman–Crippen LogP) is 1.95. The van der Waals surface area contributed by atoms with Crippen molar-refractivity contribution in [3.05, 3.63) is 0 Å². The van der Waals surface area contributed by atoms with Crippen LogP contribution in [-0.2, 0) is 0 Å². The van der Waals surface area contributed by atoms with Crippen molar-refractivity contribution >= 4 is 0 Å². The first kappa shape index (κ1) is 10.4. The molecule has 0 aromatic heterocycles. The third-order valence-electron chi connectivity index (χ3n) is 3.95. The average molecular weight is 196 g/mol. The van der Waals surface area contributed by atoms with Crippen LogP contribution >= 0.6 is 0 Å². The van der Waals surface area contributed by atoms with Crippen LogP contribution in [0.2, 0.25) is 0 Å². The number of likely N-dealkylation sites (tertiary alicyclic amines) is 2. The Bertz CT molecular complexity index is 206. The van der Waals surface area contributed by atoms with Crippen molar-refractivity contribution in [2.75, 3.05) is 19.6 Å². The molecule has 0 amide bonds. The minimum atomic E-state index is 0.411. The summed E-state index contributed by atoms with van der Waals surface area (Å²) in [6.07, 6.45) is 2.77. The molecule has 0 aliphatic carbocycles. The predicted molar refractivity (Wildman–Crippen MR) is 60.5 cm³/mol. The average Bonchev–Trinajstić information content (AvgIpc) is 2.21. The second kappa shape index (κ2) is 3.49. The summed E-state index contributed by atoms with van der Waals surface area (Å²) in [5.74, 6) is 0. The van der Waals surface area contributed by atoms with Gasteiger partial charge in [-0.2, -0.15) is 0 Å². The lowest BCUT2D eigenvalue weighted by Crippen LogP contribution is -2.46. The largest absolute Gasteiger partial charge is 0.299 e. The zero-order chi connectivity index (χ0) is 10.3. The molecule has 0 bridgehead atoms. The second-order valence-corrected chi connectivity index (χ2v) is 5.81. The Morgan fingerprint density at radius 3 is 2.21 bits per heavy atom. The summed E-state index contributed by atoms with van der Waals surface area (Å²) < 4.78 is 0. The Kier molecular flexibility index (Phi) is 2.61. The van der Waals surface area contributed by atoms with Gasteiger partial charge >= 0.3 is 0 Å². The Morgan fingerprint density at radius 1 is 1.21 bits per heavy atom. The summed E-state index contributed by atoms with van der Waals surface area (Å²) >= 11 is 0. The highest BCUT2D eigenvalue weighted by Gasteiger charge is 2.42. The van der Waals surface area contributed by atoms with Crippen LogP contribution in [0.5, 0.6) is 0 Å². The highest BCUT2D eigenvalue weighted by molar-refractivity contribution is 4.99. The number of nitrogens with zero attached hydrogens (tertiary/aromatic N) is 2. The van der Waals surface area contributed by atoms with E-state index in [2.05, 4.69) is 37.5 Å². The molecular formula is C12H24N2. The molecule has 0 N–H and O–H groups in total. The van der Waals surface area contributed by atoms with E-state index in [-0.39, 0.29) is 0 Å². The van der Waals surface area contributed by atoms with E-state index in [1.165, 1.54) is 32.5 Å². The van der Waals surface area contributed by atoms with Crippen molar-refractivity contribution in [3.63, 3.8) is 0 Å². The molecule has 0 radical (unpaired) electrons. The van der Waals surface area contributed by atoms with Gasteiger partial charge in [-0.15, -0.1) is 0 Å². The SMILES string of the molecule is CC(C)N1CC(N2CCC2)CC1(C)C. The molecule has 2 nitrogen and oxygen atoms in total. The van der Waals surface area contributed by atoms with Gasteiger partial charge < -0.3 is 0 Å². The molecule has 82 valence electrons. The smallest absolute Gasteiger partial charge is 0.0240 e. The van der Waals surface area contributed by atoms with Crippen LogP contribution in [0.1, 0.15) is 40.5 Å². The molecule has 0 spiro atoms. The van der Waals surface area contributed by atoms with E-state index in [1.807, 2.05) is 0 Å². The van der Waals surface area contributed by atoms with E-state index in [0.717, 1.165) is 6.04 Å². The zero-order valence-corrected chi connectivity index (χ0v) is 10.1. The van der Waals surface area contributed by atoms with Gasteiger partial charge in [-0.25, -0.2) is 0 Å². The Labute approximate surface area is 88.3 Å². The quantitative estimate of drug-likeness (QED) is 0.666. The van der Waals surface area contributed by atoms with Crippen molar-refractivity contribution < 1.29 is 0 Å². The molecule has 2 aliphatic heterocycles. The highest BCUT2D eigenvalue weighted by Crippen LogP contribution is 2.34.